The quantitative estimate of drug-likeness (QED) is 0.577. The average Bonchev–Trinajstić information content (AvgIpc) is 2.79. The molecule has 0 fully saturated rings. The van der Waals surface area contributed by atoms with Gasteiger partial charge in [-0.3, -0.25) is 20.4 Å². The van der Waals surface area contributed by atoms with E-state index in [4.69, 9.17) is 35.3 Å². The Morgan fingerprint density at radius 1 is 0.844 bits per heavy atom. The van der Waals surface area contributed by atoms with E-state index in [9.17, 15) is 9.59 Å². The molecule has 0 spiro atoms. The van der Waals surface area contributed by atoms with Crippen molar-refractivity contribution < 1.29 is 33.3 Å². The lowest BCUT2D eigenvalue weighted by Crippen LogP contribution is -2.41. The molecule has 32 heavy (non-hydrogen) atoms. The SMILES string of the molecule is CCOc1cc(C(=O)NNC(=O)c2cc(Cl)c3c(c2)OCCO3)cc(OCC)c1OCC. The van der Waals surface area contributed by atoms with Crippen LogP contribution < -0.4 is 34.5 Å². The Kier molecular flexibility index (Phi) is 7.88. The molecule has 0 aliphatic carbocycles. The first kappa shape index (κ1) is 23.3. The second-order valence-electron chi connectivity index (χ2n) is 6.49. The Morgan fingerprint density at radius 2 is 1.38 bits per heavy atom. The number of carbonyl (C=O) groups excluding carboxylic acids is 2. The molecule has 10 heteroatoms. The van der Waals surface area contributed by atoms with Crippen molar-refractivity contribution in [1.29, 1.82) is 0 Å². The van der Waals surface area contributed by atoms with E-state index in [2.05, 4.69) is 10.9 Å². The van der Waals surface area contributed by atoms with Crippen LogP contribution >= 0.6 is 11.6 Å². The summed E-state index contributed by atoms with van der Waals surface area (Å²) in [6.45, 7) is 7.36. The molecule has 1 heterocycles. The number of halogens is 1. The number of ether oxygens (including phenoxy) is 5. The Hall–Kier alpha value is -3.33. The summed E-state index contributed by atoms with van der Waals surface area (Å²) in [4.78, 5) is 25.3. The molecule has 2 amide bonds. The Labute approximate surface area is 190 Å². The predicted molar refractivity (Wildman–Crippen MR) is 117 cm³/mol. The molecule has 0 bridgehead atoms. The predicted octanol–water partition coefficient (Wildman–Crippen LogP) is 3.38. The number of fused-ring (bicyclic) bond motifs is 1. The van der Waals surface area contributed by atoms with Crippen LogP contribution in [0.3, 0.4) is 0 Å². The molecule has 0 saturated heterocycles. The minimum absolute atomic E-state index is 0.205. The van der Waals surface area contributed by atoms with Gasteiger partial charge in [-0.15, -0.1) is 0 Å². The maximum Gasteiger partial charge on any atom is 0.269 e. The molecule has 3 rings (SSSR count). The summed E-state index contributed by atoms with van der Waals surface area (Å²) in [5.41, 5.74) is 5.18. The standard InChI is InChI=1S/C22H25ClN2O7/c1-4-28-17-11-14(12-18(29-5-2)20(17)30-6-3)22(27)25-24-21(26)13-9-15(23)19-16(10-13)31-7-8-32-19/h9-12H,4-8H2,1-3H3,(H,24,26)(H,25,27). The Bertz CT molecular complexity index is 969. The summed E-state index contributed by atoms with van der Waals surface area (Å²) in [6.07, 6.45) is 0. The second kappa shape index (κ2) is 10.8. The first-order valence-electron chi connectivity index (χ1n) is 10.2. The lowest BCUT2D eigenvalue weighted by molar-refractivity contribution is 0.0845. The van der Waals surface area contributed by atoms with Crippen LogP contribution in [0.15, 0.2) is 24.3 Å². The number of amides is 2. The average molecular weight is 465 g/mol. The van der Waals surface area contributed by atoms with E-state index in [1.807, 2.05) is 20.8 Å². The van der Waals surface area contributed by atoms with Gasteiger partial charge in [0, 0.05) is 11.1 Å². The van der Waals surface area contributed by atoms with Gasteiger partial charge in [-0.25, -0.2) is 0 Å². The van der Waals surface area contributed by atoms with Gasteiger partial charge in [-0.1, -0.05) is 11.6 Å². The number of carbonyl (C=O) groups is 2. The number of hydrazine groups is 1. The van der Waals surface area contributed by atoms with Gasteiger partial charge in [-0.2, -0.15) is 0 Å². The van der Waals surface area contributed by atoms with Gasteiger partial charge in [0.1, 0.15) is 13.2 Å². The van der Waals surface area contributed by atoms with Crippen molar-refractivity contribution in [2.45, 2.75) is 20.8 Å². The van der Waals surface area contributed by atoms with E-state index < -0.39 is 11.8 Å². The summed E-state index contributed by atoms with van der Waals surface area (Å²) in [5.74, 6) is 0.785. The minimum atomic E-state index is -0.571. The number of hydrogen-bond acceptors (Lipinski definition) is 7. The molecule has 172 valence electrons. The first-order chi connectivity index (χ1) is 15.5. The fourth-order valence-electron chi connectivity index (χ4n) is 3.02. The Morgan fingerprint density at radius 3 is 1.94 bits per heavy atom. The Balaban J connectivity index is 1.76. The largest absolute Gasteiger partial charge is 0.490 e. The molecular formula is C22H25ClN2O7. The molecule has 0 radical (unpaired) electrons. The van der Waals surface area contributed by atoms with Gasteiger partial charge in [0.15, 0.2) is 23.0 Å². The van der Waals surface area contributed by atoms with Crippen molar-refractivity contribution in [3.8, 4) is 28.7 Å². The zero-order chi connectivity index (χ0) is 23.1. The summed E-state index contributed by atoms with van der Waals surface area (Å²) < 4.78 is 27.8. The first-order valence-corrected chi connectivity index (χ1v) is 10.6. The zero-order valence-electron chi connectivity index (χ0n) is 18.1. The highest BCUT2D eigenvalue weighted by Gasteiger charge is 2.21. The van der Waals surface area contributed by atoms with E-state index in [1.165, 1.54) is 24.3 Å². The van der Waals surface area contributed by atoms with Crippen LogP contribution in [0.2, 0.25) is 5.02 Å². The van der Waals surface area contributed by atoms with Gasteiger partial charge in [0.05, 0.1) is 24.8 Å². The summed E-state index contributed by atoms with van der Waals surface area (Å²) in [5, 5.41) is 0.243. The number of hydrogen-bond donors (Lipinski definition) is 2. The van der Waals surface area contributed by atoms with Crippen LogP contribution in [0, 0.1) is 0 Å². The summed E-state index contributed by atoms with van der Waals surface area (Å²) >= 11 is 6.17. The minimum Gasteiger partial charge on any atom is -0.490 e. The molecule has 0 atom stereocenters. The van der Waals surface area contributed by atoms with E-state index in [1.54, 1.807) is 0 Å². The topological polar surface area (TPSA) is 104 Å². The fraction of sp³-hybridized carbons (Fsp3) is 0.364. The molecule has 0 saturated carbocycles. The van der Waals surface area contributed by atoms with Gasteiger partial charge in [-0.05, 0) is 45.0 Å². The molecule has 2 N–H and O–H groups in total. The van der Waals surface area contributed by atoms with E-state index >= 15 is 0 Å². The lowest BCUT2D eigenvalue weighted by atomic mass is 10.1. The number of rotatable bonds is 8. The third-order valence-corrected chi connectivity index (χ3v) is 4.60. The van der Waals surface area contributed by atoms with Gasteiger partial charge in [0.25, 0.3) is 11.8 Å². The van der Waals surface area contributed by atoms with Crippen molar-refractivity contribution in [1.82, 2.24) is 10.9 Å². The normalized spacial score (nSPS) is 12.0. The monoisotopic (exact) mass is 464 g/mol. The highest BCUT2D eigenvalue weighted by molar-refractivity contribution is 6.32. The van der Waals surface area contributed by atoms with Crippen molar-refractivity contribution in [2.75, 3.05) is 33.0 Å². The highest BCUT2D eigenvalue weighted by Crippen LogP contribution is 2.39. The molecule has 0 unspecified atom stereocenters. The van der Waals surface area contributed by atoms with Crippen molar-refractivity contribution in [3.05, 3.63) is 40.4 Å². The molecule has 2 aromatic rings. The van der Waals surface area contributed by atoms with Crippen LogP contribution in [-0.4, -0.2) is 44.8 Å². The lowest BCUT2D eigenvalue weighted by Gasteiger charge is -2.20. The van der Waals surface area contributed by atoms with Gasteiger partial charge < -0.3 is 23.7 Å². The smallest absolute Gasteiger partial charge is 0.269 e. The highest BCUT2D eigenvalue weighted by atomic mass is 35.5. The van der Waals surface area contributed by atoms with Crippen LogP contribution in [0.1, 0.15) is 41.5 Å². The molecular weight excluding hydrogens is 440 g/mol. The molecule has 2 aromatic carbocycles. The molecule has 9 nitrogen and oxygen atoms in total. The van der Waals surface area contributed by atoms with E-state index in [-0.39, 0.29) is 16.1 Å². The van der Waals surface area contributed by atoms with Gasteiger partial charge in [0.2, 0.25) is 5.75 Å². The van der Waals surface area contributed by atoms with E-state index in [0.717, 1.165) is 0 Å². The maximum absolute atomic E-state index is 12.7. The number of benzene rings is 2. The van der Waals surface area contributed by atoms with Crippen LogP contribution in [0.5, 0.6) is 28.7 Å². The third-order valence-electron chi connectivity index (χ3n) is 4.32. The van der Waals surface area contributed by atoms with Gasteiger partial charge >= 0.3 is 0 Å². The van der Waals surface area contributed by atoms with Crippen LogP contribution in [0.25, 0.3) is 0 Å². The zero-order valence-corrected chi connectivity index (χ0v) is 18.8. The summed E-state index contributed by atoms with van der Waals surface area (Å²) in [7, 11) is 0. The molecule has 0 aromatic heterocycles. The van der Waals surface area contributed by atoms with E-state index in [0.29, 0.717) is 61.8 Å². The van der Waals surface area contributed by atoms with Crippen molar-refractivity contribution in [3.63, 3.8) is 0 Å². The fourth-order valence-corrected chi connectivity index (χ4v) is 3.28. The second-order valence-corrected chi connectivity index (χ2v) is 6.90. The van der Waals surface area contributed by atoms with Crippen LogP contribution in [0.4, 0.5) is 0 Å². The molecule has 1 aliphatic rings. The van der Waals surface area contributed by atoms with Crippen molar-refractivity contribution in [2.24, 2.45) is 0 Å². The summed E-state index contributed by atoms with van der Waals surface area (Å²) in [6, 6.07) is 5.99. The van der Waals surface area contributed by atoms with Crippen LogP contribution in [-0.2, 0) is 0 Å². The maximum atomic E-state index is 12.7. The number of nitrogens with one attached hydrogen (secondary N) is 2. The van der Waals surface area contributed by atoms with Crippen molar-refractivity contribution >= 4 is 23.4 Å². The third kappa shape index (κ3) is 5.28. The molecule has 1 aliphatic heterocycles.